The van der Waals surface area contributed by atoms with Crippen molar-refractivity contribution >= 4 is 60.8 Å². The highest BCUT2D eigenvalue weighted by Crippen LogP contribution is 2.28. The van der Waals surface area contributed by atoms with E-state index in [1.165, 1.54) is 23.1 Å². The molecular formula is C19H12BrClN2OS2. The Bertz CT molecular complexity index is 1140. The molecule has 130 valence electrons. The summed E-state index contributed by atoms with van der Waals surface area (Å²) >= 11 is 12.6. The monoisotopic (exact) mass is 462 g/mol. The van der Waals surface area contributed by atoms with Crippen molar-refractivity contribution in [2.75, 3.05) is 0 Å². The minimum atomic E-state index is -0.0472. The zero-order chi connectivity index (χ0) is 18.1. The summed E-state index contributed by atoms with van der Waals surface area (Å²) < 4.78 is 3.30. The van der Waals surface area contributed by atoms with E-state index >= 15 is 0 Å². The molecule has 0 unspecified atom stereocenters. The smallest absolute Gasteiger partial charge is 0.267 e. The Labute approximate surface area is 171 Å². The van der Waals surface area contributed by atoms with Gasteiger partial charge in [0.2, 0.25) is 0 Å². The number of thioether (sulfide) groups is 1. The fourth-order valence-corrected chi connectivity index (χ4v) is 4.89. The Hall–Kier alpha value is -1.60. The average molecular weight is 464 g/mol. The summed E-state index contributed by atoms with van der Waals surface area (Å²) in [5.74, 6) is 0.637. The molecule has 2 aromatic carbocycles. The molecule has 7 heteroatoms. The molecule has 0 spiro atoms. The van der Waals surface area contributed by atoms with Gasteiger partial charge in [-0.25, -0.2) is 4.98 Å². The van der Waals surface area contributed by atoms with Crippen LogP contribution in [0.15, 0.2) is 74.4 Å². The van der Waals surface area contributed by atoms with Crippen LogP contribution in [-0.2, 0) is 5.75 Å². The van der Waals surface area contributed by atoms with Crippen molar-refractivity contribution in [3.8, 4) is 5.69 Å². The van der Waals surface area contributed by atoms with Gasteiger partial charge in [0.1, 0.15) is 4.70 Å². The molecule has 0 amide bonds. The highest BCUT2D eigenvalue weighted by molar-refractivity contribution is 9.10. The molecule has 0 radical (unpaired) electrons. The van der Waals surface area contributed by atoms with E-state index < -0.39 is 0 Å². The largest absolute Gasteiger partial charge is 0.276 e. The molecule has 4 rings (SSSR count). The molecule has 0 bridgehead atoms. The standard InChI is InChI=1S/C19H12BrClN2OS2/c20-13-5-7-14(8-6-13)23-18(24)17-16(9-10-25-17)22-19(23)26-11-12-3-1-2-4-15(12)21/h1-10H,11H2. The van der Waals surface area contributed by atoms with Gasteiger partial charge in [-0.05, 0) is 47.3 Å². The third-order valence-corrected chi connectivity index (χ3v) is 6.63. The fraction of sp³-hybridized carbons (Fsp3) is 0.0526. The first-order valence-electron chi connectivity index (χ1n) is 7.76. The lowest BCUT2D eigenvalue weighted by molar-refractivity contribution is 0.822. The first-order chi connectivity index (χ1) is 12.6. The summed E-state index contributed by atoms with van der Waals surface area (Å²) in [6.07, 6.45) is 0. The second-order valence-corrected chi connectivity index (χ2v) is 8.71. The number of nitrogens with zero attached hydrogens (tertiary/aromatic N) is 2. The van der Waals surface area contributed by atoms with Crippen LogP contribution in [0.25, 0.3) is 15.9 Å². The van der Waals surface area contributed by atoms with Crippen LogP contribution in [0.1, 0.15) is 5.56 Å². The van der Waals surface area contributed by atoms with Gasteiger partial charge in [-0.15, -0.1) is 11.3 Å². The predicted octanol–water partition coefficient (Wildman–Crippen LogP) is 6.16. The van der Waals surface area contributed by atoms with Crippen molar-refractivity contribution in [2.24, 2.45) is 0 Å². The van der Waals surface area contributed by atoms with E-state index in [1.54, 1.807) is 4.57 Å². The third kappa shape index (κ3) is 3.47. The Kier molecular flexibility index (Phi) is 5.18. The number of hydrogen-bond acceptors (Lipinski definition) is 4. The van der Waals surface area contributed by atoms with Crippen LogP contribution in [-0.4, -0.2) is 9.55 Å². The summed E-state index contributed by atoms with van der Waals surface area (Å²) in [6, 6.07) is 17.3. The number of hydrogen-bond donors (Lipinski definition) is 0. The summed E-state index contributed by atoms with van der Waals surface area (Å²) in [7, 11) is 0. The quantitative estimate of drug-likeness (QED) is 0.269. The number of halogens is 2. The Morgan fingerprint density at radius 1 is 1.12 bits per heavy atom. The summed E-state index contributed by atoms with van der Waals surface area (Å²) in [5.41, 5.74) is 2.49. The number of benzene rings is 2. The summed E-state index contributed by atoms with van der Waals surface area (Å²) in [6.45, 7) is 0. The van der Waals surface area contributed by atoms with Crippen LogP contribution in [0.2, 0.25) is 5.02 Å². The lowest BCUT2D eigenvalue weighted by Crippen LogP contribution is -2.20. The van der Waals surface area contributed by atoms with Gasteiger partial charge in [0.25, 0.3) is 5.56 Å². The normalized spacial score (nSPS) is 11.2. The number of rotatable bonds is 4. The fourth-order valence-electron chi connectivity index (χ4n) is 2.56. The van der Waals surface area contributed by atoms with E-state index in [-0.39, 0.29) is 5.56 Å². The lowest BCUT2D eigenvalue weighted by atomic mass is 10.2. The van der Waals surface area contributed by atoms with Gasteiger partial charge in [-0.1, -0.05) is 57.5 Å². The van der Waals surface area contributed by atoms with E-state index in [9.17, 15) is 4.79 Å². The minimum Gasteiger partial charge on any atom is -0.267 e. The molecule has 2 heterocycles. The average Bonchev–Trinajstić information content (AvgIpc) is 3.11. The molecule has 0 aliphatic heterocycles. The molecule has 2 aromatic heterocycles. The molecule has 0 aliphatic rings. The van der Waals surface area contributed by atoms with Gasteiger partial charge in [0.15, 0.2) is 5.16 Å². The zero-order valence-electron chi connectivity index (χ0n) is 13.4. The molecule has 0 aliphatic carbocycles. The highest BCUT2D eigenvalue weighted by Gasteiger charge is 2.15. The van der Waals surface area contributed by atoms with Crippen molar-refractivity contribution in [3.05, 3.63) is 85.4 Å². The van der Waals surface area contributed by atoms with Gasteiger partial charge in [-0.3, -0.25) is 9.36 Å². The van der Waals surface area contributed by atoms with Crippen molar-refractivity contribution in [1.29, 1.82) is 0 Å². The van der Waals surface area contributed by atoms with Gasteiger partial charge in [0, 0.05) is 15.2 Å². The maximum absolute atomic E-state index is 13.1. The van der Waals surface area contributed by atoms with Crippen molar-refractivity contribution in [3.63, 3.8) is 0 Å². The van der Waals surface area contributed by atoms with Crippen LogP contribution in [0, 0.1) is 0 Å². The molecule has 26 heavy (non-hydrogen) atoms. The maximum Gasteiger partial charge on any atom is 0.276 e. The number of fused-ring (bicyclic) bond motifs is 1. The summed E-state index contributed by atoms with van der Waals surface area (Å²) in [5, 5.41) is 3.27. The Morgan fingerprint density at radius 3 is 2.65 bits per heavy atom. The predicted molar refractivity (Wildman–Crippen MR) is 114 cm³/mol. The molecule has 3 nitrogen and oxygen atoms in total. The van der Waals surface area contributed by atoms with Crippen molar-refractivity contribution in [2.45, 2.75) is 10.9 Å². The van der Waals surface area contributed by atoms with Gasteiger partial charge >= 0.3 is 0 Å². The first-order valence-corrected chi connectivity index (χ1v) is 10.8. The minimum absolute atomic E-state index is 0.0472. The lowest BCUT2D eigenvalue weighted by Gasteiger charge is -2.12. The molecule has 4 aromatic rings. The zero-order valence-corrected chi connectivity index (χ0v) is 17.3. The van der Waals surface area contributed by atoms with Crippen LogP contribution in [0.3, 0.4) is 0 Å². The Balaban J connectivity index is 1.82. The van der Waals surface area contributed by atoms with E-state index in [0.717, 1.165) is 21.2 Å². The Morgan fingerprint density at radius 2 is 1.88 bits per heavy atom. The maximum atomic E-state index is 13.1. The first kappa shape index (κ1) is 17.8. The van der Waals surface area contributed by atoms with Gasteiger partial charge in [0.05, 0.1) is 11.2 Å². The molecular weight excluding hydrogens is 452 g/mol. The van der Waals surface area contributed by atoms with Crippen molar-refractivity contribution in [1.82, 2.24) is 9.55 Å². The SMILES string of the molecule is O=c1c2sccc2nc(SCc2ccccc2Cl)n1-c1ccc(Br)cc1. The second kappa shape index (κ2) is 7.56. The van der Waals surface area contributed by atoms with Crippen molar-refractivity contribution < 1.29 is 0 Å². The van der Waals surface area contributed by atoms with E-state index in [0.29, 0.717) is 20.6 Å². The molecule has 0 saturated carbocycles. The summed E-state index contributed by atoms with van der Waals surface area (Å²) in [4.78, 5) is 17.8. The van der Waals surface area contributed by atoms with Crippen LogP contribution in [0.4, 0.5) is 0 Å². The third-order valence-electron chi connectivity index (χ3n) is 3.85. The van der Waals surface area contributed by atoms with Crippen LogP contribution < -0.4 is 5.56 Å². The van der Waals surface area contributed by atoms with E-state index in [4.69, 9.17) is 16.6 Å². The van der Waals surface area contributed by atoms with Crippen LogP contribution in [0.5, 0.6) is 0 Å². The topological polar surface area (TPSA) is 34.9 Å². The number of thiophene rings is 1. The number of aromatic nitrogens is 2. The second-order valence-electron chi connectivity index (χ2n) is 5.53. The van der Waals surface area contributed by atoms with E-state index in [2.05, 4.69) is 15.9 Å². The van der Waals surface area contributed by atoms with E-state index in [1.807, 2.05) is 60.0 Å². The van der Waals surface area contributed by atoms with Gasteiger partial charge in [-0.2, -0.15) is 0 Å². The molecule has 0 saturated heterocycles. The highest BCUT2D eigenvalue weighted by atomic mass is 79.9. The molecule has 0 atom stereocenters. The molecule has 0 N–H and O–H groups in total. The van der Waals surface area contributed by atoms with Crippen LogP contribution >= 0.6 is 50.6 Å². The van der Waals surface area contributed by atoms with Gasteiger partial charge < -0.3 is 0 Å². The molecule has 0 fully saturated rings.